The molecule has 0 aliphatic carbocycles. The second kappa shape index (κ2) is 11.0. The molecule has 3 aromatic rings. The van der Waals surface area contributed by atoms with Gasteiger partial charge in [-0.05, 0) is 59.7 Å². The Kier molecular flexibility index (Phi) is 7.78. The quantitative estimate of drug-likeness (QED) is 0.388. The molecule has 1 atom stereocenters. The number of carbonyl (C=O) groups excluding carboxylic acids is 1. The highest BCUT2D eigenvalue weighted by atomic mass is 16.5. The molecule has 5 nitrogen and oxygen atoms in total. The topological polar surface area (TPSA) is 66.8 Å². The van der Waals surface area contributed by atoms with E-state index in [0.29, 0.717) is 30.9 Å². The predicted molar refractivity (Wildman–Crippen MR) is 142 cm³/mol. The van der Waals surface area contributed by atoms with Crippen LogP contribution in [-0.4, -0.2) is 40.6 Å². The predicted octanol–water partition coefficient (Wildman–Crippen LogP) is 5.91. The molecule has 36 heavy (non-hydrogen) atoms. The molecule has 0 radical (unpaired) electrons. The summed E-state index contributed by atoms with van der Waals surface area (Å²) in [6.45, 7) is 7.14. The summed E-state index contributed by atoms with van der Waals surface area (Å²) in [7, 11) is 0. The fraction of sp³-hybridized carbons (Fsp3) is 0.355. The molecule has 1 aliphatic rings. The first-order chi connectivity index (χ1) is 17.2. The molecule has 3 aromatic carbocycles. The summed E-state index contributed by atoms with van der Waals surface area (Å²) in [4.78, 5) is 26.3. The Morgan fingerprint density at radius 3 is 2.36 bits per heavy atom. The number of ether oxygens (including phenoxy) is 1. The lowest BCUT2D eigenvalue weighted by molar-refractivity contribution is -0.137. The van der Waals surface area contributed by atoms with E-state index in [-0.39, 0.29) is 24.5 Å². The first-order valence-corrected chi connectivity index (χ1v) is 12.7. The van der Waals surface area contributed by atoms with Gasteiger partial charge in [-0.1, -0.05) is 68.4 Å². The molecule has 0 saturated carbocycles. The Bertz CT molecular complexity index is 1200. The molecule has 1 aliphatic heterocycles. The molecule has 0 spiro atoms. The smallest absolute Gasteiger partial charge is 0.305 e. The van der Waals surface area contributed by atoms with Crippen LogP contribution in [0.5, 0.6) is 5.75 Å². The molecule has 1 amide bonds. The third kappa shape index (κ3) is 6.34. The molecule has 0 aromatic heterocycles. The third-order valence-corrected chi connectivity index (χ3v) is 6.85. The van der Waals surface area contributed by atoms with Gasteiger partial charge in [-0.2, -0.15) is 0 Å². The molecular weight excluding hydrogens is 450 g/mol. The average Bonchev–Trinajstić information content (AvgIpc) is 3.19. The zero-order valence-corrected chi connectivity index (χ0v) is 21.4. The highest BCUT2D eigenvalue weighted by Crippen LogP contribution is 2.38. The summed E-state index contributed by atoms with van der Waals surface area (Å²) in [6.07, 6.45) is 2.09. The minimum atomic E-state index is -0.910. The highest BCUT2D eigenvalue weighted by molar-refractivity contribution is 5.95. The van der Waals surface area contributed by atoms with Crippen LogP contribution in [0.4, 0.5) is 0 Å². The number of carbonyl (C=O) groups is 2. The number of fused-ring (bicyclic) bond motifs is 1. The van der Waals surface area contributed by atoms with Crippen molar-refractivity contribution in [3.05, 3.63) is 101 Å². The number of rotatable bonds is 10. The van der Waals surface area contributed by atoms with Crippen LogP contribution in [0.1, 0.15) is 65.7 Å². The van der Waals surface area contributed by atoms with Crippen molar-refractivity contribution in [2.45, 2.75) is 58.0 Å². The molecule has 5 heteroatoms. The van der Waals surface area contributed by atoms with Crippen molar-refractivity contribution in [2.24, 2.45) is 0 Å². The Labute approximate surface area is 213 Å². The lowest BCUT2D eigenvalue weighted by atomic mass is 9.90. The minimum Gasteiger partial charge on any atom is -0.487 e. The second-order valence-electron chi connectivity index (χ2n) is 10.3. The first kappa shape index (κ1) is 25.5. The van der Waals surface area contributed by atoms with Gasteiger partial charge in [-0.25, -0.2) is 0 Å². The van der Waals surface area contributed by atoms with E-state index < -0.39 is 5.97 Å². The van der Waals surface area contributed by atoms with Crippen molar-refractivity contribution >= 4 is 11.9 Å². The number of aliphatic carboxylic acids is 1. The van der Waals surface area contributed by atoms with Gasteiger partial charge in [-0.15, -0.1) is 0 Å². The van der Waals surface area contributed by atoms with E-state index in [4.69, 9.17) is 4.74 Å². The average molecular weight is 486 g/mol. The van der Waals surface area contributed by atoms with Crippen LogP contribution in [0, 0.1) is 0 Å². The Morgan fingerprint density at radius 2 is 1.69 bits per heavy atom. The fourth-order valence-corrected chi connectivity index (χ4v) is 4.84. The van der Waals surface area contributed by atoms with Crippen LogP contribution in [0.2, 0.25) is 0 Å². The van der Waals surface area contributed by atoms with Gasteiger partial charge in [0.05, 0.1) is 6.42 Å². The third-order valence-electron chi connectivity index (χ3n) is 6.85. The monoisotopic (exact) mass is 485 g/mol. The van der Waals surface area contributed by atoms with E-state index in [1.807, 2.05) is 42.5 Å². The normalized spacial score (nSPS) is 16.4. The number of nitrogens with zero attached hydrogens (tertiary/aromatic N) is 1. The van der Waals surface area contributed by atoms with E-state index in [1.165, 1.54) is 11.1 Å². The summed E-state index contributed by atoms with van der Waals surface area (Å²) < 4.78 is 6.35. The molecule has 1 heterocycles. The number of amides is 1. The largest absolute Gasteiger partial charge is 0.487 e. The first-order valence-electron chi connectivity index (χ1n) is 12.7. The van der Waals surface area contributed by atoms with Crippen molar-refractivity contribution in [2.75, 3.05) is 13.1 Å². The number of benzene rings is 3. The molecule has 1 N–H and O–H groups in total. The summed E-state index contributed by atoms with van der Waals surface area (Å²) in [5, 5.41) is 9.19. The lowest BCUT2D eigenvalue weighted by Crippen LogP contribution is -2.35. The summed E-state index contributed by atoms with van der Waals surface area (Å²) in [5.74, 6) is 0.259. The van der Waals surface area contributed by atoms with E-state index >= 15 is 0 Å². The van der Waals surface area contributed by atoms with Gasteiger partial charge >= 0.3 is 5.97 Å². The molecule has 0 fully saturated rings. The molecule has 0 unspecified atom stereocenters. The number of carboxylic acid groups (broad SMARTS) is 1. The number of carboxylic acids is 1. The van der Waals surface area contributed by atoms with Crippen molar-refractivity contribution in [1.29, 1.82) is 0 Å². The van der Waals surface area contributed by atoms with E-state index in [0.717, 1.165) is 23.3 Å². The van der Waals surface area contributed by atoms with Gasteiger partial charge in [0.1, 0.15) is 11.4 Å². The van der Waals surface area contributed by atoms with Gasteiger partial charge in [-0.3, -0.25) is 9.59 Å². The van der Waals surface area contributed by atoms with E-state index in [9.17, 15) is 14.7 Å². The fourth-order valence-electron chi connectivity index (χ4n) is 4.84. The van der Waals surface area contributed by atoms with Crippen LogP contribution in [0.25, 0.3) is 0 Å². The summed E-state index contributed by atoms with van der Waals surface area (Å²) >= 11 is 0. The summed E-state index contributed by atoms with van der Waals surface area (Å²) in [5.41, 5.74) is 4.88. The van der Waals surface area contributed by atoms with Crippen LogP contribution in [-0.2, 0) is 24.1 Å². The van der Waals surface area contributed by atoms with Gasteiger partial charge in [0.25, 0.3) is 5.91 Å². The Hall–Kier alpha value is -3.60. The maximum absolute atomic E-state index is 13.4. The van der Waals surface area contributed by atoms with Gasteiger partial charge in [0, 0.05) is 31.5 Å². The maximum atomic E-state index is 13.4. The highest BCUT2D eigenvalue weighted by Gasteiger charge is 2.35. The van der Waals surface area contributed by atoms with Crippen LogP contribution < -0.4 is 4.74 Å². The molecule has 0 saturated heterocycles. The van der Waals surface area contributed by atoms with Crippen molar-refractivity contribution in [1.82, 2.24) is 4.90 Å². The van der Waals surface area contributed by atoms with Crippen LogP contribution in [0.15, 0.2) is 72.8 Å². The zero-order chi connectivity index (χ0) is 25.7. The Balaban J connectivity index is 1.46. The Morgan fingerprint density at radius 1 is 0.972 bits per heavy atom. The van der Waals surface area contributed by atoms with E-state index in [2.05, 4.69) is 45.0 Å². The molecule has 0 bridgehead atoms. The molecule has 4 rings (SSSR count). The SMILES string of the molecule is CC(C)c1ccc(C[C@@]2(C)Cc3cc(C(=O)N(CCC(=O)O)CCc4ccccc4)ccc3O2)cc1. The van der Waals surface area contributed by atoms with Crippen LogP contribution in [0.3, 0.4) is 0 Å². The van der Waals surface area contributed by atoms with Crippen molar-refractivity contribution in [3.8, 4) is 5.75 Å². The zero-order valence-electron chi connectivity index (χ0n) is 21.4. The maximum Gasteiger partial charge on any atom is 0.305 e. The second-order valence-corrected chi connectivity index (χ2v) is 10.3. The number of hydrogen-bond acceptors (Lipinski definition) is 3. The van der Waals surface area contributed by atoms with Crippen molar-refractivity contribution < 1.29 is 19.4 Å². The molecular formula is C31H35NO4. The number of hydrogen-bond donors (Lipinski definition) is 1. The van der Waals surface area contributed by atoms with Gasteiger partial charge in [0.2, 0.25) is 0 Å². The lowest BCUT2D eigenvalue weighted by Gasteiger charge is -2.24. The van der Waals surface area contributed by atoms with Crippen LogP contribution >= 0.6 is 0 Å². The van der Waals surface area contributed by atoms with Gasteiger partial charge < -0.3 is 14.7 Å². The summed E-state index contributed by atoms with van der Waals surface area (Å²) in [6, 6.07) is 24.2. The van der Waals surface area contributed by atoms with Crippen molar-refractivity contribution in [3.63, 3.8) is 0 Å². The standard InChI is InChI=1S/C31H35NO4/c1-22(2)25-11-9-24(10-12-25)20-31(3)21-27-19-26(13-14-28(27)36-31)30(35)32(18-16-29(33)34)17-15-23-7-5-4-6-8-23/h4-14,19,22H,15-18,20-21H2,1-3H3,(H,33,34)/t31-/m0/s1. The van der Waals surface area contributed by atoms with Gasteiger partial charge in [0.15, 0.2) is 0 Å². The molecule has 188 valence electrons. The van der Waals surface area contributed by atoms with E-state index in [1.54, 1.807) is 11.0 Å². The minimum absolute atomic E-state index is 0.0811.